The number of aromatic nitrogens is 2. The van der Waals surface area contributed by atoms with Gasteiger partial charge in [-0.2, -0.15) is 4.98 Å². The number of nitrogens with one attached hydrogen (secondary N) is 1. The number of hydrogen-bond acceptors (Lipinski definition) is 5. The average molecular weight is 368 g/mol. The van der Waals surface area contributed by atoms with Crippen LogP contribution in [-0.4, -0.2) is 34.5 Å². The van der Waals surface area contributed by atoms with Crippen molar-refractivity contribution in [3.05, 3.63) is 30.2 Å². The van der Waals surface area contributed by atoms with Crippen molar-refractivity contribution in [2.24, 2.45) is 5.92 Å². The zero-order chi connectivity index (χ0) is 18.8. The van der Waals surface area contributed by atoms with Crippen LogP contribution >= 0.6 is 0 Å². The Hall–Kier alpha value is -2.70. The van der Waals surface area contributed by atoms with E-state index in [1.807, 2.05) is 24.3 Å². The Balaban J connectivity index is 1.45. The van der Waals surface area contributed by atoms with Gasteiger partial charge in [0.2, 0.25) is 23.5 Å². The van der Waals surface area contributed by atoms with Gasteiger partial charge in [0.05, 0.1) is 5.92 Å². The second kappa shape index (κ2) is 7.50. The highest BCUT2D eigenvalue weighted by Gasteiger charge is 2.36. The molecule has 1 aliphatic carbocycles. The summed E-state index contributed by atoms with van der Waals surface area (Å²) in [6, 6.07) is 7.74. The second-order valence-corrected chi connectivity index (χ2v) is 7.44. The molecule has 0 bridgehead atoms. The SMILES string of the molecule is Cc1nc(-c2cccc(N3C[C@@H](C(=O)NC4CCCCC4)CC3=O)c2)no1. The molecule has 2 fully saturated rings. The van der Waals surface area contributed by atoms with Crippen LogP contribution in [0, 0.1) is 12.8 Å². The van der Waals surface area contributed by atoms with Crippen LogP contribution in [0.25, 0.3) is 11.4 Å². The smallest absolute Gasteiger partial charge is 0.227 e. The van der Waals surface area contributed by atoms with Crippen LogP contribution in [0.15, 0.2) is 28.8 Å². The number of nitrogens with zero attached hydrogens (tertiary/aromatic N) is 3. The maximum Gasteiger partial charge on any atom is 0.227 e. The van der Waals surface area contributed by atoms with E-state index in [1.54, 1.807) is 11.8 Å². The fraction of sp³-hybridized carbons (Fsp3) is 0.500. The predicted molar refractivity (Wildman–Crippen MR) is 99.9 cm³/mol. The summed E-state index contributed by atoms with van der Waals surface area (Å²) in [4.78, 5) is 31.0. The van der Waals surface area contributed by atoms with Crippen molar-refractivity contribution < 1.29 is 14.1 Å². The monoisotopic (exact) mass is 368 g/mol. The topological polar surface area (TPSA) is 88.3 Å². The number of rotatable bonds is 4. The molecule has 1 atom stereocenters. The van der Waals surface area contributed by atoms with Gasteiger partial charge in [-0.1, -0.05) is 36.6 Å². The molecule has 7 heteroatoms. The minimum absolute atomic E-state index is 0.00250. The van der Waals surface area contributed by atoms with Crippen LogP contribution in [0.1, 0.15) is 44.4 Å². The van der Waals surface area contributed by atoms with Crippen molar-refractivity contribution in [1.82, 2.24) is 15.5 Å². The maximum absolute atomic E-state index is 12.6. The molecule has 27 heavy (non-hydrogen) atoms. The lowest BCUT2D eigenvalue weighted by Gasteiger charge is -2.24. The van der Waals surface area contributed by atoms with Gasteiger partial charge >= 0.3 is 0 Å². The highest BCUT2D eigenvalue weighted by Crippen LogP contribution is 2.29. The minimum atomic E-state index is -0.296. The van der Waals surface area contributed by atoms with E-state index in [9.17, 15) is 9.59 Å². The molecule has 0 unspecified atom stereocenters. The Morgan fingerprint density at radius 3 is 2.81 bits per heavy atom. The third kappa shape index (κ3) is 3.86. The number of aryl methyl sites for hydroxylation is 1. The van der Waals surface area contributed by atoms with E-state index in [2.05, 4.69) is 15.5 Å². The van der Waals surface area contributed by atoms with Gasteiger partial charge < -0.3 is 14.7 Å². The lowest BCUT2D eigenvalue weighted by Crippen LogP contribution is -2.40. The van der Waals surface area contributed by atoms with Crippen molar-refractivity contribution in [3.63, 3.8) is 0 Å². The van der Waals surface area contributed by atoms with Crippen LogP contribution < -0.4 is 10.2 Å². The fourth-order valence-corrected chi connectivity index (χ4v) is 3.93. The Morgan fingerprint density at radius 2 is 2.07 bits per heavy atom. The molecule has 2 amide bonds. The van der Waals surface area contributed by atoms with E-state index >= 15 is 0 Å². The van der Waals surface area contributed by atoms with Crippen LogP contribution in [0.4, 0.5) is 5.69 Å². The molecule has 0 radical (unpaired) electrons. The lowest BCUT2D eigenvalue weighted by atomic mass is 9.95. The first-order valence-corrected chi connectivity index (χ1v) is 9.61. The quantitative estimate of drug-likeness (QED) is 0.896. The molecule has 2 aromatic rings. The third-order valence-electron chi connectivity index (χ3n) is 5.39. The zero-order valence-corrected chi connectivity index (χ0v) is 15.5. The minimum Gasteiger partial charge on any atom is -0.353 e. The molecule has 1 saturated carbocycles. The summed E-state index contributed by atoms with van der Waals surface area (Å²) >= 11 is 0. The molecule has 142 valence electrons. The zero-order valence-electron chi connectivity index (χ0n) is 15.5. The fourth-order valence-electron chi connectivity index (χ4n) is 3.93. The Bertz CT molecular complexity index is 841. The molecule has 7 nitrogen and oxygen atoms in total. The van der Waals surface area contributed by atoms with E-state index in [0.29, 0.717) is 18.3 Å². The molecule has 0 spiro atoms. The highest BCUT2D eigenvalue weighted by molar-refractivity contribution is 6.00. The molecule has 4 rings (SSSR count). The van der Waals surface area contributed by atoms with Gasteiger partial charge in [0.25, 0.3) is 0 Å². The number of carbonyl (C=O) groups excluding carboxylic acids is 2. The highest BCUT2D eigenvalue weighted by atomic mass is 16.5. The van der Waals surface area contributed by atoms with Crippen LogP contribution in [0.3, 0.4) is 0 Å². The molecule has 1 aromatic carbocycles. The maximum atomic E-state index is 12.6. The number of carbonyl (C=O) groups is 2. The normalized spacial score (nSPS) is 20.9. The summed E-state index contributed by atoms with van der Waals surface area (Å²) in [6.45, 7) is 2.14. The average Bonchev–Trinajstić information content (AvgIpc) is 3.29. The molecule has 1 saturated heterocycles. The summed E-state index contributed by atoms with van der Waals surface area (Å²) in [7, 11) is 0. The largest absolute Gasteiger partial charge is 0.353 e. The van der Waals surface area contributed by atoms with Gasteiger partial charge in [0, 0.05) is 37.2 Å². The lowest BCUT2D eigenvalue weighted by molar-refractivity contribution is -0.127. The summed E-state index contributed by atoms with van der Waals surface area (Å²) in [5.74, 6) is 0.665. The molecular weight excluding hydrogens is 344 g/mol. The van der Waals surface area contributed by atoms with E-state index in [4.69, 9.17) is 4.52 Å². The van der Waals surface area contributed by atoms with Gasteiger partial charge in [-0.25, -0.2) is 0 Å². The first-order valence-electron chi connectivity index (χ1n) is 9.61. The number of amides is 2. The van der Waals surface area contributed by atoms with E-state index in [0.717, 1.165) is 24.1 Å². The van der Waals surface area contributed by atoms with Gasteiger partial charge in [-0.3, -0.25) is 9.59 Å². The Kier molecular flexibility index (Phi) is 4.92. The summed E-state index contributed by atoms with van der Waals surface area (Å²) in [5, 5.41) is 7.07. The first-order chi connectivity index (χ1) is 13.1. The first kappa shape index (κ1) is 17.7. The van der Waals surface area contributed by atoms with Gasteiger partial charge in [0.15, 0.2) is 0 Å². The second-order valence-electron chi connectivity index (χ2n) is 7.44. The standard InChI is InChI=1S/C20H24N4O3/c1-13-21-19(23-27-13)14-6-5-9-17(10-14)24-12-15(11-18(24)25)20(26)22-16-7-3-2-4-8-16/h5-6,9-10,15-16H,2-4,7-8,11-12H2,1H3,(H,22,26)/t15-/m0/s1. The van der Waals surface area contributed by atoms with Crippen LogP contribution in [0.5, 0.6) is 0 Å². The van der Waals surface area contributed by atoms with Crippen molar-refractivity contribution >= 4 is 17.5 Å². The van der Waals surface area contributed by atoms with Gasteiger partial charge in [0.1, 0.15) is 0 Å². The predicted octanol–water partition coefficient (Wildman–Crippen LogP) is 2.85. The summed E-state index contributed by atoms with van der Waals surface area (Å²) in [5.41, 5.74) is 1.54. The van der Waals surface area contributed by atoms with Crippen molar-refractivity contribution in [2.75, 3.05) is 11.4 Å². The van der Waals surface area contributed by atoms with Crippen LogP contribution in [-0.2, 0) is 9.59 Å². The Labute approximate surface area is 158 Å². The van der Waals surface area contributed by atoms with Gasteiger partial charge in [-0.15, -0.1) is 0 Å². The molecule has 1 N–H and O–H groups in total. The van der Waals surface area contributed by atoms with Crippen molar-refractivity contribution in [1.29, 1.82) is 0 Å². The number of benzene rings is 1. The third-order valence-corrected chi connectivity index (χ3v) is 5.39. The molecule has 1 aliphatic heterocycles. The van der Waals surface area contributed by atoms with Crippen LogP contribution in [0.2, 0.25) is 0 Å². The summed E-state index contributed by atoms with van der Waals surface area (Å²) in [6.07, 6.45) is 5.93. The summed E-state index contributed by atoms with van der Waals surface area (Å²) < 4.78 is 5.03. The number of anilines is 1. The molecule has 2 heterocycles. The molecular formula is C20H24N4O3. The van der Waals surface area contributed by atoms with Crippen molar-refractivity contribution in [3.8, 4) is 11.4 Å². The Morgan fingerprint density at radius 1 is 1.26 bits per heavy atom. The van der Waals surface area contributed by atoms with Gasteiger partial charge in [-0.05, 0) is 25.0 Å². The molecule has 2 aliphatic rings. The van der Waals surface area contributed by atoms with E-state index < -0.39 is 0 Å². The van der Waals surface area contributed by atoms with E-state index in [-0.39, 0.29) is 30.2 Å². The molecule has 1 aromatic heterocycles. The van der Waals surface area contributed by atoms with E-state index in [1.165, 1.54) is 19.3 Å². The van der Waals surface area contributed by atoms with Crippen molar-refractivity contribution in [2.45, 2.75) is 51.5 Å². The number of hydrogen-bond donors (Lipinski definition) is 1.